The number of nitrogens with zero attached hydrogens (tertiary/aromatic N) is 3. The van der Waals surface area contributed by atoms with Gasteiger partial charge in [0.05, 0.1) is 5.92 Å². The predicted molar refractivity (Wildman–Crippen MR) is 97.5 cm³/mol. The number of carbonyl (C=O) groups is 2. The number of benzene rings is 1. The van der Waals surface area contributed by atoms with Crippen LogP contribution in [0.25, 0.3) is 11.0 Å². The normalized spacial score (nSPS) is 21.7. The summed E-state index contributed by atoms with van der Waals surface area (Å²) in [5.41, 5.74) is 2.02. The molecule has 0 spiro atoms. The van der Waals surface area contributed by atoms with E-state index in [2.05, 4.69) is 20.7 Å². The molecule has 2 aliphatic rings. The summed E-state index contributed by atoms with van der Waals surface area (Å²) in [4.78, 5) is 27.3. The molecule has 0 unspecified atom stereocenters. The Morgan fingerprint density at radius 1 is 1.04 bits per heavy atom. The van der Waals surface area contributed by atoms with Gasteiger partial charge in [0.2, 0.25) is 5.91 Å². The second-order valence-electron chi connectivity index (χ2n) is 7.46. The zero-order valence-corrected chi connectivity index (χ0v) is 14.9. The van der Waals surface area contributed by atoms with E-state index in [0.29, 0.717) is 30.2 Å². The maximum Gasteiger partial charge on any atom is 0.253 e. The number of likely N-dealkylation sites (tertiary alicyclic amines) is 1. The largest absolute Gasteiger partial charge is 0.353 e. The van der Waals surface area contributed by atoms with Crippen molar-refractivity contribution in [3.8, 4) is 0 Å². The van der Waals surface area contributed by atoms with Crippen LogP contribution in [0, 0.1) is 5.92 Å². The SMILES string of the molecule is O=C(NC1CCCCC1)[C@@H]1CCCN(C(=O)c2ccc3n[nH]nc3c2)C1. The van der Waals surface area contributed by atoms with E-state index in [0.717, 1.165) is 31.2 Å². The van der Waals surface area contributed by atoms with E-state index < -0.39 is 0 Å². The van der Waals surface area contributed by atoms with Gasteiger partial charge in [-0.3, -0.25) is 9.59 Å². The molecule has 0 radical (unpaired) electrons. The second-order valence-corrected chi connectivity index (χ2v) is 7.46. The number of aromatic nitrogens is 3. The lowest BCUT2D eigenvalue weighted by Gasteiger charge is -2.33. The predicted octanol–water partition coefficient (Wildman–Crippen LogP) is 2.26. The van der Waals surface area contributed by atoms with Crippen molar-refractivity contribution >= 4 is 22.8 Å². The topological polar surface area (TPSA) is 91.0 Å². The van der Waals surface area contributed by atoms with E-state index in [-0.39, 0.29) is 17.7 Å². The molecule has 2 fully saturated rings. The fourth-order valence-corrected chi connectivity index (χ4v) is 4.10. The lowest BCUT2D eigenvalue weighted by atomic mass is 9.92. The summed E-state index contributed by atoms with van der Waals surface area (Å²) in [7, 11) is 0. The number of carbonyl (C=O) groups excluding carboxylic acids is 2. The van der Waals surface area contributed by atoms with Crippen LogP contribution < -0.4 is 5.32 Å². The van der Waals surface area contributed by atoms with Gasteiger partial charge in [-0.1, -0.05) is 19.3 Å². The minimum Gasteiger partial charge on any atom is -0.353 e. The van der Waals surface area contributed by atoms with E-state index in [4.69, 9.17) is 0 Å². The van der Waals surface area contributed by atoms with Crippen molar-refractivity contribution in [2.45, 2.75) is 51.0 Å². The van der Waals surface area contributed by atoms with E-state index >= 15 is 0 Å². The molecule has 2 N–H and O–H groups in total. The van der Waals surface area contributed by atoms with Crippen LogP contribution in [0.3, 0.4) is 0 Å². The first-order chi connectivity index (χ1) is 12.7. The zero-order chi connectivity index (χ0) is 17.9. The van der Waals surface area contributed by atoms with E-state index in [1.54, 1.807) is 23.1 Å². The highest BCUT2D eigenvalue weighted by Crippen LogP contribution is 2.22. The van der Waals surface area contributed by atoms with Crippen LogP contribution >= 0.6 is 0 Å². The number of amides is 2. The molecule has 4 rings (SSSR count). The summed E-state index contributed by atoms with van der Waals surface area (Å²) in [5.74, 6) is -0.0307. The summed E-state index contributed by atoms with van der Waals surface area (Å²) in [6, 6.07) is 5.65. The minimum atomic E-state index is -0.106. The smallest absolute Gasteiger partial charge is 0.253 e. The highest BCUT2D eigenvalue weighted by molar-refractivity contribution is 5.97. The molecule has 7 nitrogen and oxygen atoms in total. The van der Waals surface area contributed by atoms with Crippen LogP contribution in [-0.2, 0) is 4.79 Å². The van der Waals surface area contributed by atoms with Gasteiger partial charge in [0.15, 0.2) is 0 Å². The molecule has 26 heavy (non-hydrogen) atoms. The van der Waals surface area contributed by atoms with Crippen molar-refractivity contribution in [2.24, 2.45) is 5.92 Å². The third kappa shape index (κ3) is 3.57. The molecular weight excluding hydrogens is 330 g/mol. The highest BCUT2D eigenvalue weighted by atomic mass is 16.2. The Labute approximate surface area is 152 Å². The van der Waals surface area contributed by atoms with Gasteiger partial charge in [-0.15, -0.1) is 0 Å². The van der Waals surface area contributed by atoms with Crippen LogP contribution in [-0.4, -0.2) is 51.3 Å². The van der Waals surface area contributed by atoms with Crippen molar-refractivity contribution in [3.05, 3.63) is 23.8 Å². The molecule has 2 aromatic rings. The van der Waals surface area contributed by atoms with E-state index in [9.17, 15) is 9.59 Å². The van der Waals surface area contributed by atoms with E-state index in [1.165, 1.54) is 19.3 Å². The van der Waals surface area contributed by atoms with Crippen molar-refractivity contribution < 1.29 is 9.59 Å². The summed E-state index contributed by atoms with van der Waals surface area (Å²) in [6.45, 7) is 1.19. The number of piperidine rings is 1. The fraction of sp³-hybridized carbons (Fsp3) is 0.579. The average molecular weight is 355 g/mol. The summed E-state index contributed by atoms with van der Waals surface area (Å²) < 4.78 is 0. The number of H-pyrrole nitrogens is 1. The van der Waals surface area contributed by atoms with Crippen LogP contribution in [0.1, 0.15) is 55.3 Å². The third-order valence-electron chi connectivity index (χ3n) is 5.59. The maximum atomic E-state index is 12.9. The van der Waals surface area contributed by atoms with Gasteiger partial charge in [-0.05, 0) is 43.9 Å². The molecule has 1 saturated carbocycles. The number of hydrogen-bond donors (Lipinski definition) is 2. The van der Waals surface area contributed by atoms with Gasteiger partial charge in [0.25, 0.3) is 5.91 Å². The molecule has 1 saturated heterocycles. The quantitative estimate of drug-likeness (QED) is 0.883. The molecule has 0 bridgehead atoms. The van der Waals surface area contributed by atoms with Gasteiger partial charge in [0.1, 0.15) is 11.0 Å². The second kappa shape index (κ2) is 7.43. The Morgan fingerprint density at radius 2 is 1.85 bits per heavy atom. The standard InChI is InChI=1S/C19H25N5O2/c25-18(20-15-6-2-1-3-7-15)14-5-4-10-24(12-14)19(26)13-8-9-16-17(11-13)22-23-21-16/h8-9,11,14-15H,1-7,10,12H2,(H,20,25)(H,21,22,23)/t14-/m1/s1. The Bertz CT molecular complexity index is 796. The first-order valence-electron chi connectivity index (χ1n) is 9.61. The molecule has 1 aromatic heterocycles. The maximum absolute atomic E-state index is 12.9. The zero-order valence-electron chi connectivity index (χ0n) is 14.9. The van der Waals surface area contributed by atoms with Gasteiger partial charge in [0, 0.05) is 24.7 Å². The number of hydrogen-bond acceptors (Lipinski definition) is 4. The summed E-state index contributed by atoms with van der Waals surface area (Å²) >= 11 is 0. The molecule has 138 valence electrons. The molecular formula is C19H25N5O2. The number of nitrogens with one attached hydrogen (secondary N) is 2. The van der Waals surface area contributed by atoms with Gasteiger partial charge in [-0.25, -0.2) is 0 Å². The molecule has 1 aliphatic carbocycles. The Balaban J connectivity index is 1.40. The Morgan fingerprint density at radius 3 is 2.69 bits per heavy atom. The number of aromatic amines is 1. The first-order valence-corrected chi connectivity index (χ1v) is 9.61. The van der Waals surface area contributed by atoms with Crippen LogP contribution in [0.4, 0.5) is 0 Å². The van der Waals surface area contributed by atoms with Crippen LogP contribution in [0.2, 0.25) is 0 Å². The minimum absolute atomic E-state index is 0.0370. The van der Waals surface area contributed by atoms with Gasteiger partial charge >= 0.3 is 0 Å². The molecule has 1 aliphatic heterocycles. The van der Waals surface area contributed by atoms with Crippen molar-refractivity contribution in [2.75, 3.05) is 13.1 Å². The first kappa shape index (κ1) is 17.0. The van der Waals surface area contributed by atoms with Gasteiger partial charge in [-0.2, -0.15) is 15.4 Å². The van der Waals surface area contributed by atoms with Gasteiger partial charge < -0.3 is 10.2 Å². The Kier molecular flexibility index (Phi) is 4.86. The van der Waals surface area contributed by atoms with E-state index in [1.807, 2.05) is 0 Å². The molecule has 2 amide bonds. The van der Waals surface area contributed by atoms with Crippen LogP contribution in [0.5, 0.6) is 0 Å². The molecule has 7 heteroatoms. The lowest BCUT2D eigenvalue weighted by Crippen LogP contribution is -2.47. The van der Waals surface area contributed by atoms with Crippen LogP contribution in [0.15, 0.2) is 18.2 Å². The van der Waals surface area contributed by atoms with Crippen molar-refractivity contribution in [1.82, 2.24) is 25.6 Å². The molecule has 1 atom stereocenters. The Hall–Kier alpha value is -2.44. The summed E-state index contributed by atoms with van der Waals surface area (Å²) in [6.07, 6.45) is 7.55. The number of rotatable bonds is 3. The van der Waals surface area contributed by atoms with Crippen molar-refractivity contribution in [3.63, 3.8) is 0 Å². The third-order valence-corrected chi connectivity index (χ3v) is 5.59. The molecule has 2 heterocycles. The number of fused-ring (bicyclic) bond motifs is 1. The van der Waals surface area contributed by atoms with Crippen molar-refractivity contribution in [1.29, 1.82) is 0 Å². The lowest BCUT2D eigenvalue weighted by molar-refractivity contribution is -0.127. The monoisotopic (exact) mass is 355 g/mol. The average Bonchev–Trinajstić information content (AvgIpc) is 3.16. The molecule has 1 aromatic carbocycles. The summed E-state index contributed by atoms with van der Waals surface area (Å²) in [5, 5.41) is 13.8. The highest BCUT2D eigenvalue weighted by Gasteiger charge is 2.30. The fourth-order valence-electron chi connectivity index (χ4n) is 4.10.